The molecule has 2 heterocycles. The van der Waals surface area contributed by atoms with E-state index in [0.717, 1.165) is 6.07 Å². The average Bonchev–Trinajstić information content (AvgIpc) is 3.32. The number of hydrogen-bond donors (Lipinski definition) is 1. The minimum Gasteiger partial charge on any atom is -0.459 e. The van der Waals surface area contributed by atoms with Gasteiger partial charge in [0.05, 0.1) is 16.1 Å². The SMILES string of the molecule is Cc1ccc([N+](=O)[O-])cc1S(=O)(=O)N1CCN(C(=O)[C@@H](NC(=O)c2ccco2)C(C)C)CC1. The van der Waals surface area contributed by atoms with Crippen molar-refractivity contribution in [1.29, 1.82) is 0 Å². The number of carbonyl (C=O) groups excluding carboxylic acids is 2. The Balaban J connectivity index is 1.70. The van der Waals surface area contributed by atoms with E-state index in [-0.39, 0.29) is 54.3 Å². The zero-order chi connectivity index (χ0) is 24.3. The van der Waals surface area contributed by atoms with Crippen molar-refractivity contribution in [2.45, 2.75) is 31.7 Å². The smallest absolute Gasteiger partial charge is 0.287 e. The number of nitro benzene ring substituents is 1. The lowest BCUT2D eigenvalue weighted by molar-refractivity contribution is -0.385. The third kappa shape index (κ3) is 5.22. The molecule has 3 rings (SSSR count). The maximum Gasteiger partial charge on any atom is 0.287 e. The predicted octanol–water partition coefficient (Wildman–Crippen LogP) is 1.78. The summed E-state index contributed by atoms with van der Waals surface area (Å²) >= 11 is 0. The first kappa shape index (κ1) is 24.4. The molecule has 1 fully saturated rings. The predicted molar refractivity (Wildman–Crippen MR) is 118 cm³/mol. The Morgan fingerprint density at radius 3 is 2.36 bits per heavy atom. The van der Waals surface area contributed by atoms with Crippen LogP contribution >= 0.6 is 0 Å². The summed E-state index contributed by atoms with van der Waals surface area (Å²) in [6.45, 7) is 5.51. The monoisotopic (exact) mass is 478 g/mol. The van der Waals surface area contributed by atoms with Crippen molar-refractivity contribution in [3.8, 4) is 0 Å². The number of rotatable bonds is 7. The maximum absolute atomic E-state index is 13.1. The highest BCUT2D eigenvalue weighted by Gasteiger charge is 2.35. The van der Waals surface area contributed by atoms with Crippen molar-refractivity contribution in [3.63, 3.8) is 0 Å². The number of amides is 2. The molecule has 0 unspecified atom stereocenters. The van der Waals surface area contributed by atoms with Crippen LogP contribution in [0.2, 0.25) is 0 Å². The Hall–Kier alpha value is -3.25. The van der Waals surface area contributed by atoms with E-state index in [1.165, 1.54) is 33.7 Å². The minimum atomic E-state index is -3.97. The summed E-state index contributed by atoms with van der Waals surface area (Å²) in [5.74, 6) is -0.926. The van der Waals surface area contributed by atoms with Gasteiger partial charge in [-0.05, 0) is 30.5 Å². The van der Waals surface area contributed by atoms with Crippen molar-refractivity contribution >= 4 is 27.5 Å². The fourth-order valence-corrected chi connectivity index (χ4v) is 5.27. The second-order valence-electron chi connectivity index (χ2n) is 8.11. The van der Waals surface area contributed by atoms with Crippen molar-refractivity contribution < 1.29 is 27.3 Å². The Bertz CT molecular complexity index is 1140. The highest BCUT2D eigenvalue weighted by Crippen LogP contribution is 2.26. The molecule has 0 radical (unpaired) electrons. The van der Waals surface area contributed by atoms with E-state index in [9.17, 15) is 28.1 Å². The average molecular weight is 479 g/mol. The van der Waals surface area contributed by atoms with E-state index < -0.39 is 26.9 Å². The largest absolute Gasteiger partial charge is 0.459 e. The maximum atomic E-state index is 13.1. The third-order valence-electron chi connectivity index (χ3n) is 5.51. The molecule has 2 amide bonds. The first-order chi connectivity index (χ1) is 15.5. The van der Waals surface area contributed by atoms with E-state index in [2.05, 4.69) is 5.32 Å². The molecule has 12 heteroatoms. The summed E-state index contributed by atoms with van der Waals surface area (Å²) in [7, 11) is -3.97. The van der Waals surface area contributed by atoms with Gasteiger partial charge in [0.15, 0.2) is 5.76 Å². The number of nitrogens with one attached hydrogen (secondary N) is 1. The van der Waals surface area contributed by atoms with Crippen LogP contribution in [-0.2, 0) is 14.8 Å². The molecule has 0 bridgehead atoms. The lowest BCUT2D eigenvalue weighted by Gasteiger charge is -2.36. The fraction of sp³-hybridized carbons (Fsp3) is 0.429. The quantitative estimate of drug-likeness (QED) is 0.472. The standard InChI is InChI=1S/C21H26N4O7S/c1-14(2)19(22-20(26)17-5-4-12-32-17)21(27)23-8-10-24(11-9-23)33(30,31)18-13-16(25(28)29)7-6-15(18)3/h4-7,12-14,19H,8-11H2,1-3H3,(H,22,26)/t19-/m0/s1. The number of piperazine rings is 1. The Kier molecular flexibility index (Phi) is 7.18. The first-order valence-electron chi connectivity index (χ1n) is 10.4. The zero-order valence-corrected chi connectivity index (χ0v) is 19.4. The zero-order valence-electron chi connectivity index (χ0n) is 18.6. The molecule has 1 atom stereocenters. The number of carbonyl (C=O) groups is 2. The van der Waals surface area contributed by atoms with E-state index in [0.29, 0.717) is 5.56 Å². The molecular formula is C21H26N4O7S. The molecule has 1 aliphatic heterocycles. The van der Waals surface area contributed by atoms with Crippen LogP contribution in [0.5, 0.6) is 0 Å². The van der Waals surface area contributed by atoms with Crippen LogP contribution in [0, 0.1) is 23.0 Å². The second-order valence-corrected chi connectivity index (χ2v) is 10.0. The lowest BCUT2D eigenvalue weighted by atomic mass is 10.0. The van der Waals surface area contributed by atoms with Gasteiger partial charge in [0.25, 0.3) is 11.6 Å². The van der Waals surface area contributed by atoms with Crippen LogP contribution in [0.15, 0.2) is 45.9 Å². The Morgan fingerprint density at radius 1 is 1.15 bits per heavy atom. The molecule has 0 spiro atoms. The molecule has 178 valence electrons. The summed E-state index contributed by atoms with van der Waals surface area (Å²) < 4.78 is 32.5. The summed E-state index contributed by atoms with van der Waals surface area (Å²) in [5.41, 5.74) is 0.0969. The molecular weight excluding hydrogens is 452 g/mol. The van der Waals surface area contributed by atoms with E-state index >= 15 is 0 Å². The number of aryl methyl sites for hydroxylation is 1. The molecule has 2 aromatic rings. The molecule has 1 aromatic carbocycles. The Morgan fingerprint density at radius 2 is 1.82 bits per heavy atom. The summed E-state index contributed by atoms with van der Waals surface area (Å²) in [6.07, 6.45) is 1.36. The molecule has 33 heavy (non-hydrogen) atoms. The van der Waals surface area contributed by atoms with Gasteiger partial charge in [0.2, 0.25) is 15.9 Å². The van der Waals surface area contributed by atoms with E-state index in [1.54, 1.807) is 26.8 Å². The highest BCUT2D eigenvalue weighted by molar-refractivity contribution is 7.89. The highest BCUT2D eigenvalue weighted by atomic mass is 32.2. The van der Waals surface area contributed by atoms with Gasteiger partial charge in [-0.3, -0.25) is 19.7 Å². The molecule has 1 saturated heterocycles. The molecule has 11 nitrogen and oxygen atoms in total. The number of sulfonamides is 1. The summed E-state index contributed by atoms with van der Waals surface area (Å²) in [6, 6.07) is 5.99. The van der Waals surface area contributed by atoms with Crippen LogP contribution in [-0.4, -0.2) is 66.6 Å². The number of furan rings is 1. The molecule has 0 aliphatic carbocycles. The van der Waals surface area contributed by atoms with Crippen LogP contribution < -0.4 is 5.32 Å². The molecule has 1 aliphatic rings. The van der Waals surface area contributed by atoms with Crippen LogP contribution in [0.25, 0.3) is 0 Å². The van der Waals surface area contributed by atoms with Gasteiger partial charge in [-0.2, -0.15) is 4.31 Å². The summed E-state index contributed by atoms with van der Waals surface area (Å²) in [5, 5.41) is 13.8. The van der Waals surface area contributed by atoms with E-state index in [4.69, 9.17) is 4.42 Å². The summed E-state index contributed by atoms with van der Waals surface area (Å²) in [4.78, 5) is 37.2. The van der Waals surface area contributed by atoms with Gasteiger partial charge in [0.1, 0.15) is 6.04 Å². The number of hydrogen-bond acceptors (Lipinski definition) is 7. The van der Waals surface area contributed by atoms with Crippen molar-refractivity contribution in [1.82, 2.24) is 14.5 Å². The number of benzene rings is 1. The third-order valence-corrected chi connectivity index (χ3v) is 7.56. The van der Waals surface area contributed by atoms with Crippen molar-refractivity contribution in [2.24, 2.45) is 5.92 Å². The van der Waals surface area contributed by atoms with Crippen LogP contribution in [0.3, 0.4) is 0 Å². The van der Waals surface area contributed by atoms with Gasteiger partial charge in [0, 0.05) is 38.3 Å². The minimum absolute atomic E-state index is 0.0349. The van der Waals surface area contributed by atoms with Gasteiger partial charge in [-0.25, -0.2) is 8.42 Å². The van der Waals surface area contributed by atoms with Gasteiger partial charge in [-0.1, -0.05) is 19.9 Å². The fourth-order valence-electron chi connectivity index (χ4n) is 3.60. The van der Waals surface area contributed by atoms with Crippen molar-refractivity contribution in [3.05, 3.63) is 58.0 Å². The van der Waals surface area contributed by atoms with Gasteiger partial charge < -0.3 is 14.6 Å². The lowest BCUT2D eigenvalue weighted by Crippen LogP contribution is -2.57. The topological polar surface area (TPSA) is 143 Å². The van der Waals surface area contributed by atoms with Gasteiger partial charge in [-0.15, -0.1) is 0 Å². The molecule has 1 aromatic heterocycles. The number of nitro groups is 1. The van der Waals surface area contributed by atoms with Crippen LogP contribution in [0.1, 0.15) is 30.0 Å². The first-order valence-corrected chi connectivity index (χ1v) is 11.8. The molecule has 0 saturated carbocycles. The normalized spacial score (nSPS) is 15.9. The molecule has 1 N–H and O–H groups in total. The van der Waals surface area contributed by atoms with Crippen LogP contribution in [0.4, 0.5) is 5.69 Å². The van der Waals surface area contributed by atoms with Gasteiger partial charge >= 0.3 is 0 Å². The van der Waals surface area contributed by atoms with Crippen molar-refractivity contribution in [2.75, 3.05) is 26.2 Å². The number of nitrogens with zero attached hydrogens (tertiary/aromatic N) is 3. The Labute approximate surface area is 191 Å². The number of non-ortho nitro benzene ring substituents is 1. The van der Waals surface area contributed by atoms with E-state index in [1.807, 2.05) is 0 Å². The second kappa shape index (κ2) is 9.71.